The molecule has 0 aliphatic rings. The Morgan fingerprint density at radius 3 is 2.38 bits per heavy atom. The molecule has 160 valence electrons. The van der Waals surface area contributed by atoms with Crippen molar-refractivity contribution < 1.29 is 14.2 Å². The largest absolute Gasteiger partial charge is 0.490 e. The van der Waals surface area contributed by atoms with Crippen LogP contribution in [0.2, 0.25) is 5.02 Å². The zero-order chi connectivity index (χ0) is 20.9. The summed E-state index contributed by atoms with van der Waals surface area (Å²) in [6, 6.07) is 12.1. The Morgan fingerprint density at radius 1 is 0.931 bits per heavy atom. The van der Waals surface area contributed by atoms with Crippen LogP contribution in [0.5, 0.6) is 11.5 Å². The van der Waals surface area contributed by atoms with Gasteiger partial charge in [-0.05, 0) is 50.4 Å². The van der Waals surface area contributed by atoms with E-state index >= 15 is 0 Å². The fourth-order valence-electron chi connectivity index (χ4n) is 2.81. The van der Waals surface area contributed by atoms with Gasteiger partial charge >= 0.3 is 0 Å². The highest BCUT2D eigenvalue weighted by Gasteiger charge is 2.11. The summed E-state index contributed by atoms with van der Waals surface area (Å²) in [5.74, 6) is 1.40. The topological polar surface area (TPSA) is 39.7 Å². The number of unbranched alkanes of at least 4 members (excludes halogenated alkanes) is 1. The van der Waals surface area contributed by atoms with E-state index in [1.165, 1.54) is 12.0 Å². The second-order valence-corrected chi connectivity index (χ2v) is 7.50. The first-order valence-corrected chi connectivity index (χ1v) is 10.9. The molecule has 0 aromatic heterocycles. The van der Waals surface area contributed by atoms with Gasteiger partial charge in [0.2, 0.25) is 0 Å². The van der Waals surface area contributed by atoms with Crippen molar-refractivity contribution in [2.75, 3.05) is 26.4 Å². The van der Waals surface area contributed by atoms with Crippen LogP contribution in [0.3, 0.4) is 0 Å². The SMILES string of the molecule is CCCCOCCCNCc1cc(OCC)c(OCc2ccc(C)cc2)cc1Cl. The first-order chi connectivity index (χ1) is 14.1. The number of benzene rings is 2. The highest BCUT2D eigenvalue weighted by atomic mass is 35.5. The maximum absolute atomic E-state index is 6.50. The summed E-state index contributed by atoms with van der Waals surface area (Å²) >= 11 is 6.50. The molecule has 0 saturated carbocycles. The minimum absolute atomic E-state index is 0.478. The summed E-state index contributed by atoms with van der Waals surface area (Å²) in [5.41, 5.74) is 3.35. The van der Waals surface area contributed by atoms with Crippen LogP contribution < -0.4 is 14.8 Å². The van der Waals surface area contributed by atoms with Gasteiger partial charge in [-0.15, -0.1) is 0 Å². The van der Waals surface area contributed by atoms with E-state index < -0.39 is 0 Å². The summed E-state index contributed by atoms with van der Waals surface area (Å²) in [7, 11) is 0. The minimum Gasteiger partial charge on any atom is -0.490 e. The Morgan fingerprint density at radius 2 is 1.66 bits per heavy atom. The summed E-state index contributed by atoms with van der Waals surface area (Å²) in [5, 5.41) is 4.10. The Bertz CT molecular complexity index is 719. The fourth-order valence-corrected chi connectivity index (χ4v) is 3.03. The highest BCUT2D eigenvalue weighted by molar-refractivity contribution is 6.31. The van der Waals surface area contributed by atoms with Gasteiger partial charge in [-0.2, -0.15) is 0 Å². The number of rotatable bonds is 14. The van der Waals surface area contributed by atoms with Crippen molar-refractivity contribution >= 4 is 11.6 Å². The molecular weight excluding hydrogens is 386 g/mol. The van der Waals surface area contributed by atoms with Gasteiger partial charge in [0, 0.05) is 30.8 Å². The quantitative estimate of drug-likeness (QED) is 0.385. The predicted octanol–water partition coefficient (Wildman–Crippen LogP) is 5.92. The average molecular weight is 420 g/mol. The monoisotopic (exact) mass is 419 g/mol. The van der Waals surface area contributed by atoms with E-state index in [4.69, 9.17) is 25.8 Å². The molecule has 0 fully saturated rings. The molecule has 2 aromatic rings. The number of ether oxygens (including phenoxy) is 3. The van der Waals surface area contributed by atoms with Crippen molar-refractivity contribution in [3.63, 3.8) is 0 Å². The third kappa shape index (κ3) is 8.65. The molecule has 0 spiro atoms. The summed E-state index contributed by atoms with van der Waals surface area (Å²) in [6.45, 7) is 10.5. The van der Waals surface area contributed by atoms with Gasteiger partial charge in [0.1, 0.15) is 6.61 Å². The predicted molar refractivity (Wildman–Crippen MR) is 120 cm³/mol. The Labute approximate surface area is 180 Å². The lowest BCUT2D eigenvalue weighted by Gasteiger charge is -2.15. The normalized spacial score (nSPS) is 10.9. The molecule has 0 unspecified atom stereocenters. The molecule has 1 N–H and O–H groups in total. The molecular formula is C24H34ClNO3. The van der Waals surface area contributed by atoms with Crippen LogP contribution in [0.25, 0.3) is 0 Å². The summed E-state index contributed by atoms with van der Waals surface area (Å²) in [4.78, 5) is 0. The number of nitrogens with one attached hydrogen (secondary N) is 1. The molecule has 0 radical (unpaired) electrons. The molecule has 2 aromatic carbocycles. The van der Waals surface area contributed by atoms with Gasteiger partial charge in [-0.1, -0.05) is 54.8 Å². The average Bonchev–Trinajstić information content (AvgIpc) is 2.72. The Kier molecular flexibility index (Phi) is 10.9. The second kappa shape index (κ2) is 13.5. The molecule has 0 saturated heterocycles. The van der Waals surface area contributed by atoms with Crippen LogP contribution >= 0.6 is 11.6 Å². The molecule has 29 heavy (non-hydrogen) atoms. The lowest BCUT2D eigenvalue weighted by Crippen LogP contribution is -2.17. The Balaban J connectivity index is 1.88. The highest BCUT2D eigenvalue weighted by Crippen LogP contribution is 2.34. The van der Waals surface area contributed by atoms with Crippen LogP contribution in [-0.2, 0) is 17.9 Å². The lowest BCUT2D eigenvalue weighted by atomic mass is 10.1. The zero-order valence-electron chi connectivity index (χ0n) is 17.9. The molecule has 0 bridgehead atoms. The van der Waals surface area contributed by atoms with Crippen LogP contribution in [0.4, 0.5) is 0 Å². The van der Waals surface area contributed by atoms with Gasteiger partial charge in [-0.25, -0.2) is 0 Å². The van der Waals surface area contributed by atoms with Gasteiger partial charge in [0.15, 0.2) is 11.5 Å². The number of hydrogen-bond acceptors (Lipinski definition) is 4. The first-order valence-electron chi connectivity index (χ1n) is 10.6. The molecule has 0 aliphatic carbocycles. The van der Waals surface area contributed by atoms with Gasteiger partial charge in [0.05, 0.1) is 6.61 Å². The molecule has 0 amide bonds. The third-order valence-corrected chi connectivity index (χ3v) is 4.88. The zero-order valence-corrected chi connectivity index (χ0v) is 18.7. The number of hydrogen-bond donors (Lipinski definition) is 1. The van der Waals surface area contributed by atoms with Crippen molar-refractivity contribution in [3.05, 3.63) is 58.1 Å². The first kappa shape index (κ1) is 23.5. The maximum Gasteiger partial charge on any atom is 0.163 e. The van der Waals surface area contributed by atoms with E-state index in [1.54, 1.807) is 0 Å². The maximum atomic E-state index is 6.50. The van der Waals surface area contributed by atoms with E-state index in [0.717, 1.165) is 49.5 Å². The van der Waals surface area contributed by atoms with E-state index in [1.807, 2.05) is 19.1 Å². The molecule has 0 aliphatic heterocycles. The van der Waals surface area contributed by atoms with Gasteiger partial charge in [-0.3, -0.25) is 0 Å². The summed E-state index contributed by atoms with van der Waals surface area (Å²) in [6.07, 6.45) is 3.28. The molecule has 4 nitrogen and oxygen atoms in total. The molecule has 0 heterocycles. The van der Waals surface area contributed by atoms with E-state index in [9.17, 15) is 0 Å². The smallest absolute Gasteiger partial charge is 0.163 e. The van der Waals surface area contributed by atoms with Crippen LogP contribution in [0, 0.1) is 6.92 Å². The van der Waals surface area contributed by atoms with Crippen molar-refractivity contribution in [2.24, 2.45) is 0 Å². The van der Waals surface area contributed by atoms with Crippen LogP contribution in [-0.4, -0.2) is 26.4 Å². The van der Waals surface area contributed by atoms with Crippen LogP contribution in [0.1, 0.15) is 49.8 Å². The lowest BCUT2D eigenvalue weighted by molar-refractivity contribution is 0.129. The standard InChI is InChI=1S/C24H34ClNO3/c1-4-6-13-27-14-7-12-26-17-21-15-23(28-5-2)24(16-22(21)25)29-18-20-10-8-19(3)9-11-20/h8-11,15-16,26H,4-7,12-14,17-18H2,1-3H3. The Hall–Kier alpha value is -1.75. The number of aryl methyl sites for hydroxylation is 1. The van der Waals surface area contributed by atoms with E-state index in [0.29, 0.717) is 30.5 Å². The van der Waals surface area contributed by atoms with E-state index in [-0.39, 0.29) is 0 Å². The van der Waals surface area contributed by atoms with Crippen LogP contribution in [0.15, 0.2) is 36.4 Å². The minimum atomic E-state index is 0.478. The molecule has 2 rings (SSSR count). The van der Waals surface area contributed by atoms with Crippen molar-refractivity contribution in [3.8, 4) is 11.5 Å². The van der Waals surface area contributed by atoms with Crippen molar-refractivity contribution in [1.82, 2.24) is 5.32 Å². The summed E-state index contributed by atoms with van der Waals surface area (Å²) < 4.78 is 17.4. The number of halogens is 1. The third-order valence-electron chi connectivity index (χ3n) is 4.53. The van der Waals surface area contributed by atoms with E-state index in [2.05, 4.69) is 43.4 Å². The van der Waals surface area contributed by atoms with Gasteiger partial charge in [0.25, 0.3) is 0 Å². The molecule has 0 atom stereocenters. The van der Waals surface area contributed by atoms with Crippen molar-refractivity contribution in [2.45, 2.75) is 53.2 Å². The molecule has 5 heteroatoms. The van der Waals surface area contributed by atoms with Gasteiger partial charge < -0.3 is 19.5 Å². The second-order valence-electron chi connectivity index (χ2n) is 7.09. The fraction of sp³-hybridized carbons (Fsp3) is 0.500. The van der Waals surface area contributed by atoms with Crippen molar-refractivity contribution in [1.29, 1.82) is 0 Å².